The number of fused-ring (bicyclic) bond motifs is 1. The van der Waals surface area contributed by atoms with Gasteiger partial charge in [0.15, 0.2) is 0 Å². The van der Waals surface area contributed by atoms with E-state index in [4.69, 9.17) is 0 Å². The number of pyridine rings is 1. The summed E-state index contributed by atoms with van der Waals surface area (Å²) in [4.78, 5) is 20.0. The van der Waals surface area contributed by atoms with Crippen molar-refractivity contribution in [1.82, 2.24) is 14.3 Å². The maximum atomic E-state index is 13.4. The summed E-state index contributed by atoms with van der Waals surface area (Å²) in [5.41, 5.74) is 2.68. The molecular weight excluding hydrogens is 358 g/mol. The van der Waals surface area contributed by atoms with Crippen LogP contribution >= 0.6 is 0 Å². The Morgan fingerprint density at radius 3 is 2.72 bits per heavy atom. The third-order valence-corrected chi connectivity index (χ3v) is 6.20. The quantitative estimate of drug-likeness (QED) is 0.537. The fourth-order valence-corrected chi connectivity index (χ4v) is 4.76. The molecule has 0 aliphatic carbocycles. The Balaban J connectivity index is 1.64. The molecule has 3 atom stereocenters. The van der Waals surface area contributed by atoms with Gasteiger partial charge in [0.2, 0.25) is 0 Å². The van der Waals surface area contributed by atoms with Crippen LogP contribution in [0.25, 0.3) is 5.65 Å². The summed E-state index contributed by atoms with van der Waals surface area (Å²) in [5, 5.41) is 0. The van der Waals surface area contributed by atoms with Crippen LogP contribution in [-0.4, -0.2) is 32.8 Å². The Bertz CT molecular complexity index is 945. The summed E-state index contributed by atoms with van der Waals surface area (Å²) in [6, 6.07) is 16.6. The van der Waals surface area contributed by atoms with Gasteiger partial charge < -0.3 is 9.30 Å². The Morgan fingerprint density at radius 1 is 1.21 bits per heavy atom. The lowest BCUT2D eigenvalue weighted by atomic mass is 9.73. The molecule has 0 radical (unpaired) electrons. The average molecular weight is 388 g/mol. The van der Waals surface area contributed by atoms with Crippen molar-refractivity contribution in [2.45, 2.75) is 44.6 Å². The van der Waals surface area contributed by atoms with Crippen molar-refractivity contribution in [3.8, 4) is 0 Å². The molecule has 1 aliphatic rings. The van der Waals surface area contributed by atoms with E-state index in [1.165, 1.54) is 5.56 Å². The van der Waals surface area contributed by atoms with Crippen LogP contribution < -0.4 is 0 Å². The molecule has 4 heteroatoms. The van der Waals surface area contributed by atoms with Gasteiger partial charge in [-0.1, -0.05) is 62.2 Å². The number of rotatable bonds is 6. The number of amides is 1. The van der Waals surface area contributed by atoms with E-state index in [0.29, 0.717) is 17.5 Å². The molecule has 0 spiro atoms. The molecule has 1 aromatic carbocycles. The summed E-state index contributed by atoms with van der Waals surface area (Å²) in [5.74, 6) is 0.840. The van der Waals surface area contributed by atoms with E-state index < -0.39 is 0 Å². The van der Waals surface area contributed by atoms with Gasteiger partial charge in [0.25, 0.3) is 5.91 Å². The highest BCUT2D eigenvalue weighted by molar-refractivity contribution is 5.93. The van der Waals surface area contributed by atoms with Crippen LogP contribution in [0.5, 0.6) is 0 Å². The number of likely N-dealkylation sites (tertiary alicyclic amines) is 1. The van der Waals surface area contributed by atoms with Crippen LogP contribution in [0.2, 0.25) is 0 Å². The highest BCUT2D eigenvalue weighted by Gasteiger charge is 2.39. The predicted octanol–water partition coefficient (Wildman–Crippen LogP) is 5.33. The largest absolute Gasteiger partial charge is 0.331 e. The van der Waals surface area contributed by atoms with Crippen LogP contribution in [0.15, 0.2) is 73.6 Å². The molecular formula is C25H29N3O. The molecule has 0 saturated carbocycles. The fraction of sp³-hybridized carbons (Fsp3) is 0.360. The monoisotopic (exact) mass is 387 g/mol. The van der Waals surface area contributed by atoms with E-state index in [1.54, 1.807) is 0 Å². The van der Waals surface area contributed by atoms with Crippen molar-refractivity contribution >= 4 is 11.6 Å². The number of imidazole rings is 1. The summed E-state index contributed by atoms with van der Waals surface area (Å²) in [6.07, 6.45) is 10.1. The maximum Gasteiger partial charge on any atom is 0.274 e. The minimum atomic E-state index is 0.00612. The molecule has 2 aromatic heterocycles. The second kappa shape index (κ2) is 8.64. The van der Waals surface area contributed by atoms with E-state index in [9.17, 15) is 4.79 Å². The molecule has 0 unspecified atom stereocenters. The summed E-state index contributed by atoms with van der Waals surface area (Å²) < 4.78 is 1.90. The lowest BCUT2D eigenvalue weighted by molar-refractivity contribution is 0.0518. The molecule has 0 bridgehead atoms. The van der Waals surface area contributed by atoms with Crippen LogP contribution in [0.1, 0.15) is 54.6 Å². The highest BCUT2D eigenvalue weighted by Crippen LogP contribution is 2.40. The van der Waals surface area contributed by atoms with Crippen LogP contribution in [0, 0.1) is 5.92 Å². The number of hydrogen-bond donors (Lipinski definition) is 0. The first-order valence-corrected chi connectivity index (χ1v) is 10.6. The van der Waals surface area contributed by atoms with Gasteiger partial charge in [-0.25, -0.2) is 4.98 Å². The minimum absolute atomic E-state index is 0.00612. The first-order chi connectivity index (χ1) is 14.2. The van der Waals surface area contributed by atoms with Crippen LogP contribution in [0.3, 0.4) is 0 Å². The fourth-order valence-electron chi connectivity index (χ4n) is 4.76. The molecule has 29 heavy (non-hydrogen) atoms. The molecule has 1 saturated heterocycles. The Labute approximate surface area is 172 Å². The molecule has 0 N–H and O–H groups in total. The zero-order valence-corrected chi connectivity index (χ0v) is 17.1. The first kappa shape index (κ1) is 19.4. The van der Waals surface area contributed by atoms with Crippen LogP contribution in [-0.2, 0) is 0 Å². The number of carbonyl (C=O) groups excluding carboxylic acids is 1. The van der Waals surface area contributed by atoms with Crippen LogP contribution in [0.4, 0.5) is 0 Å². The SMILES string of the molecule is C=C[C@@H]1[C@H](CCCC)[C@@H](c2ccccc2)CCN1C(=O)c1cn2ccccc2n1. The molecule has 4 rings (SSSR count). The minimum Gasteiger partial charge on any atom is -0.331 e. The van der Waals surface area contributed by atoms with Gasteiger partial charge in [-0.05, 0) is 42.4 Å². The second-order valence-corrected chi connectivity index (χ2v) is 7.93. The number of hydrogen-bond acceptors (Lipinski definition) is 2. The van der Waals surface area contributed by atoms with E-state index in [1.807, 2.05) is 46.0 Å². The van der Waals surface area contributed by atoms with Crippen molar-refractivity contribution < 1.29 is 4.79 Å². The molecule has 1 amide bonds. The molecule has 1 aliphatic heterocycles. The molecule has 4 nitrogen and oxygen atoms in total. The summed E-state index contributed by atoms with van der Waals surface area (Å²) >= 11 is 0. The third kappa shape index (κ3) is 3.84. The van der Waals surface area contributed by atoms with Gasteiger partial charge in [-0.2, -0.15) is 0 Å². The van der Waals surface area contributed by atoms with E-state index in [2.05, 4.69) is 48.8 Å². The van der Waals surface area contributed by atoms with Crippen molar-refractivity contribution in [2.24, 2.45) is 5.92 Å². The molecule has 3 heterocycles. The Kier molecular flexibility index (Phi) is 5.79. The Morgan fingerprint density at radius 2 is 2.00 bits per heavy atom. The molecule has 1 fully saturated rings. The van der Waals surface area contributed by atoms with Gasteiger partial charge in [0, 0.05) is 18.9 Å². The lowest BCUT2D eigenvalue weighted by Crippen LogP contribution is -2.50. The van der Waals surface area contributed by atoms with Gasteiger partial charge in [0.1, 0.15) is 11.3 Å². The van der Waals surface area contributed by atoms with Gasteiger partial charge in [-0.3, -0.25) is 4.79 Å². The van der Waals surface area contributed by atoms with Crippen molar-refractivity contribution in [3.05, 3.63) is 84.8 Å². The zero-order valence-electron chi connectivity index (χ0n) is 17.1. The van der Waals surface area contributed by atoms with Gasteiger partial charge in [-0.15, -0.1) is 6.58 Å². The first-order valence-electron chi connectivity index (χ1n) is 10.6. The molecule has 150 valence electrons. The van der Waals surface area contributed by atoms with E-state index >= 15 is 0 Å². The van der Waals surface area contributed by atoms with Crippen molar-refractivity contribution in [2.75, 3.05) is 6.54 Å². The van der Waals surface area contributed by atoms with E-state index in [0.717, 1.165) is 37.9 Å². The third-order valence-electron chi connectivity index (χ3n) is 6.20. The molecule has 3 aromatic rings. The number of piperidine rings is 1. The van der Waals surface area contributed by atoms with E-state index in [-0.39, 0.29) is 11.9 Å². The highest BCUT2D eigenvalue weighted by atomic mass is 16.2. The lowest BCUT2D eigenvalue weighted by Gasteiger charge is -2.44. The van der Waals surface area contributed by atoms with Crippen molar-refractivity contribution in [1.29, 1.82) is 0 Å². The zero-order chi connectivity index (χ0) is 20.2. The maximum absolute atomic E-state index is 13.4. The standard InChI is InChI=1S/C25H29N3O/c1-3-5-13-21-20(19-11-7-6-8-12-19)15-17-28(23(21)4-2)25(29)22-18-27-16-10-9-14-24(27)26-22/h4,6-12,14,16,18,20-21,23H,2-3,5,13,15,17H2,1H3/t20-,21-,23-/m1/s1. The Hall–Kier alpha value is -2.88. The predicted molar refractivity (Wildman–Crippen MR) is 117 cm³/mol. The average Bonchev–Trinajstić information content (AvgIpc) is 3.21. The number of unbranched alkanes of at least 4 members (excludes halogenated alkanes) is 1. The number of nitrogens with zero attached hydrogens (tertiary/aromatic N) is 3. The number of carbonyl (C=O) groups is 1. The van der Waals surface area contributed by atoms with Crippen molar-refractivity contribution in [3.63, 3.8) is 0 Å². The summed E-state index contributed by atoms with van der Waals surface area (Å²) in [7, 11) is 0. The number of aromatic nitrogens is 2. The number of benzene rings is 1. The smallest absolute Gasteiger partial charge is 0.274 e. The second-order valence-electron chi connectivity index (χ2n) is 7.93. The normalized spacial score (nSPS) is 22.0. The summed E-state index contributed by atoms with van der Waals surface area (Å²) in [6.45, 7) is 7.07. The topological polar surface area (TPSA) is 37.6 Å². The van der Waals surface area contributed by atoms with Gasteiger partial charge in [0.05, 0.1) is 6.04 Å². The van der Waals surface area contributed by atoms with Gasteiger partial charge >= 0.3 is 0 Å².